The zero-order valence-electron chi connectivity index (χ0n) is 6.74. The number of nitrogens with two attached hydrogens (primary N) is 1. The molecule has 0 saturated carbocycles. The standard InChI is InChI=1S/C8H12N2O/c1-6(9)7-5-10-4-3-8(7)11-2/h3-6H,9H2,1-2H3. The van der Waals surface area contributed by atoms with E-state index in [1.807, 2.05) is 6.92 Å². The zero-order valence-corrected chi connectivity index (χ0v) is 6.74. The third-order valence-electron chi connectivity index (χ3n) is 1.52. The van der Waals surface area contributed by atoms with E-state index in [1.165, 1.54) is 0 Å². The molecule has 0 saturated heterocycles. The molecule has 0 radical (unpaired) electrons. The topological polar surface area (TPSA) is 48.1 Å². The number of methoxy groups -OCH3 is 1. The van der Waals surface area contributed by atoms with Gasteiger partial charge in [0.25, 0.3) is 0 Å². The summed E-state index contributed by atoms with van der Waals surface area (Å²) < 4.78 is 5.09. The number of pyridine rings is 1. The summed E-state index contributed by atoms with van der Waals surface area (Å²) in [4.78, 5) is 3.95. The second-order valence-corrected chi connectivity index (χ2v) is 2.41. The van der Waals surface area contributed by atoms with Crippen molar-refractivity contribution in [1.29, 1.82) is 0 Å². The molecule has 0 aliphatic carbocycles. The van der Waals surface area contributed by atoms with Crippen LogP contribution in [0.4, 0.5) is 0 Å². The highest BCUT2D eigenvalue weighted by molar-refractivity contribution is 5.31. The lowest BCUT2D eigenvalue weighted by atomic mass is 10.1. The lowest BCUT2D eigenvalue weighted by molar-refractivity contribution is 0.406. The average molecular weight is 152 g/mol. The first-order valence-electron chi connectivity index (χ1n) is 3.49. The van der Waals surface area contributed by atoms with Crippen LogP contribution in [0.1, 0.15) is 18.5 Å². The van der Waals surface area contributed by atoms with Crippen molar-refractivity contribution in [3.63, 3.8) is 0 Å². The van der Waals surface area contributed by atoms with Gasteiger partial charge in [0.15, 0.2) is 0 Å². The summed E-state index contributed by atoms with van der Waals surface area (Å²) >= 11 is 0. The van der Waals surface area contributed by atoms with Gasteiger partial charge >= 0.3 is 0 Å². The van der Waals surface area contributed by atoms with Crippen LogP contribution in [0.5, 0.6) is 5.75 Å². The van der Waals surface area contributed by atoms with E-state index in [1.54, 1.807) is 25.6 Å². The van der Waals surface area contributed by atoms with Crippen LogP contribution in [0.2, 0.25) is 0 Å². The molecule has 1 heterocycles. The number of hydrogen-bond acceptors (Lipinski definition) is 3. The molecule has 0 aliphatic heterocycles. The van der Waals surface area contributed by atoms with Gasteiger partial charge in [-0.3, -0.25) is 4.98 Å². The molecule has 1 unspecified atom stereocenters. The zero-order chi connectivity index (χ0) is 8.27. The van der Waals surface area contributed by atoms with Crippen molar-refractivity contribution in [3.8, 4) is 5.75 Å². The predicted molar refractivity (Wildman–Crippen MR) is 43.4 cm³/mol. The Morgan fingerprint density at radius 3 is 2.82 bits per heavy atom. The molecule has 3 heteroatoms. The molecule has 3 nitrogen and oxygen atoms in total. The first-order chi connectivity index (χ1) is 5.25. The highest BCUT2D eigenvalue weighted by Gasteiger charge is 2.05. The largest absolute Gasteiger partial charge is 0.496 e. The third-order valence-corrected chi connectivity index (χ3v) is 1.52. The molecule has 60 valence electrons. The summed E-state index contributed by atoms with van der Waals surface area (Å²) in [6.45, 7) is 1.90. The van der Waals surface area contributed by atoms with E-state index in [4.69, 9.17) is 10.5 Å². The van der Waals surface area contributed by atoms with Crippen molar-refractivity contribution in [1.82, 2.24) is 4.98 Å². The van der Waals surface area contributed by atoms with Gasteiger partial charge in [-0.2, -0.15) is 0 Å². The van der Waals surface area contributed by atoms with E-state index in [9.17, 15) is 0 Å². The molecule has 1 atom stereocenters. The van der Waals surface area contributed by atoms with Gasteiger partial charge in [0.2, 0.25) is 0 Å². The molecule has 2 N–H and O–H groups in total. The van der Waals surface area contributed by atoms with E-state index in [0.717, 1.165) is 11.3 Å². The van der Waals surface area contributed by atoms with Gasteiger partial charge < -0.3 is 10.5 Å². The number of aromatic nitrogens is 1. The normalized spacial score (nSPS) is 12.6. The van der Waals surface area contributed by atoms with E-state index in [0.29, 0.717) is 0 Å². The maximum atomic E-state index is 5.67. The fourth-order valence-corrected chi connectivity index (χ4v) is 0.922. The van der Waals surface area contributed by atoms with Gasteiger partial charge in [-0.05, 0) is 13.0 Å². The lowest BCUT2D eigenvalue weighted by Gasteiger charge is -2.09. The Morgan fingerprint density at radius 1 is 1.64 bits per heavy atom. The van der Waals surface area contributed by atoms with Crippen molar-refractivity contribution in [2.24, 2.45) is 5.73 Å². The molecule has 0 aromatic carbocycles. The van der Waals surface area contributed by atoms with Crippen molar-refractivity contribution >= 4 is 0 Å². The molecule has 1 aromatic heterocycles. The fraction of sp³-hybridized carbons (Fsp3) is 0.375. The molecular formula is C8H12N2O. The second kappa shape index (κ2) is 3.34. The van der Waals surface area contributed by atoms with Gasteiger partial charge in [0.05, 0.1) is 7.11 Å². The molecule has 11 heavy (non-hydrogen) atoms. The third kappa shape index (κ3) is 1.68. The van der Waals surface area contributed by atoms with Crippen LogP contribution >= 0.6 is 0 Å². The van der Waals surface area contributed by atoms with Crippen LogP contribution in [-0.2, 0) is 0 Å². The van der Waals surface area contributed by atoms with E-state index < -0.39 is 0 Å². The number of rotatable bonds is 2. The van der Waals surface area contributed by atoms with Crippen LogP contribution in [0, 0.1) is 0 Å². The maximum Gasteiger partial charge on any atom is 0.126 e. The molecular weight excluding hydrogens is 140 g/mol. The van der Waals surface area contributed by atoms with Crippen LogP contribution in [0.3, 0.4) is 0 Å². The van der Waals surface area contributed by atoms with Crippen molar-refractivity contribution in [2.45, 2.75) is 13.0 Å². The van der Waals surface area contributed by atoms with Gasteiger partial charge in [-0.15, -0.1) is 0 Å². The summed E-state index contributed by atoms with van der Waals surface area (Å²) in [5, 5.41) is 0. The summed E-state index contributed by atoms with van der Waals surface area (Å²) in [6.07, 6.45) is 3.41. The number of ether oxygens (including phenoxy) is 1. The summed E-state index contributed by atoms with van der Waals surface area (Å²) in [6, 6.07) is 1.78. The van der Waals surface area contributed by atoms with Crippen molar-refractivity contribution in [3.05, 3.63) is 24.0 Å². The smallest absolute Gasteiger partial charge is 0.126 e. The quantitative estimate of drug-likeness (QED) is 0.690. The molecule has 0 bridgehead atoms. The molecule has 1 aromatic rings. The van der Waals surface area contributed by atoms with E-state index >= 15 is 0 Å². The number of hydrogen-bond donors (Lipinski definition) is 1. The first kappa shape index (κ1) is 8.01. The van der Waals surface area contributed by atoms with Gasteiger partial charge in [0, 0.05) is 24.0 Å². The molecule has 1 rings (SSSR count). The first-order valence-corrected chi connectivity index (χ1v) is 3.49. The SMILES string of the molecule is COc1ccncc1C(C)N. The molecule has 0 fully saturated rings. The van der Waals surface area contributed by atoms with E-state index in [-0.39, 0.29) is 6.04 Å². The Balaban J connectivity index is 3.02. The van der Waals surface area contributed by atoms with Gasteiger partial charge in [-0.25, -0.2) is 0 Å². The lowest BCUT2D eigenvalue weighted by Crippen LogP contribution is -2.07. The summed E-state index contributed by atoms with van der Waals surface area (Å²) in [5.41, 5.74) is 6.61. The van der Waals surface area contributed by atoms with E-state index in [2.05, 4.69) is 4.98 Å². The van der Waals surface area contributed by atoms with Crippen molar-refractivity contribution in [2.75, 3.05) is 7.11 Å². The monoisotopic (exact) mass is 152 g/mol. The minimum Gasteiger partial charge on any atom is -0.496 e. The van der Waals surface area contributed by atoms with Crippen LogP contribution < -0.4 is 10.5 Å². The molecule has 0 amide bonds. The average Bonchev–Trinajstić information content (AvgIpc) is 2.04. The van der Waals surface area contributed by atoms with Crippen LogP contribution in [0.15, 0.2) is 18.5 Å². The van der Waals surface area contributed by atoms with Crippen molar-refractivity contribution < 1.29 is 4.74 Å². The highest BCUT2D eigenvalue weighted by atomic mass is 16.5. The predicted octanol–water partition coefficient (Wildman–Crippen LogP) is 1.11. The van der Waals surface area contributed by atoms with Gasteiger partial charge in [-0.1, -0.05) is 0 Å². The van der Waals surface area contributed by atoms with Crippen LogP contribution in [-0.4, -0.2) is 12.1 Å². The minimum atomic E-state index is -0.0290. The number of nitrogens with zero attached hydrogens (tertiary/aromatic N) is 1. The summed E-state index contributed by atoms with van der Waals surface area (Å²) in [5.74, 6) is 0.801. The Kier molecular flexibility index (Phi) is 2.44. The Morgan fingerprint density at radius 2 is 2.36 bits per heavy atom. The Labute approximate surface area is 66.2 Å². The fourth-order valence-electron chi connectivity index (χ4n) is 0.922. The molecule has 0 spiro atoms. The second-order valence-electron chi connectivity index (χ2n) is 2.41. The minimum absolute atomic E-state index is 0.0290. The Bertz CT molecular complexity index is 235. The highest BCUT2D eigenvalue weighted by Crippen LogP contribution is 2.20. The van der Waals surface area contributed by atoms with Gasteiger partial charge in [0.1, 0.15) is 5.75 Å². The molecule has 0 aliphatic rings. The van der Waals surface area contributed by atoms with Crippen LogP contribution in [0.25, 0.3) is 0 Å². The summed E-state index contributed by atoms with van der Waals surface area (Å²) in [7, 11) is 1.63. The maximum absolute atomic E-state index is 5.67. The Hall–Kier alpha value is -1.09.